The highest BCUT2D eigenvalue weighted by Crippen LogP contribution is 2.38. The fourth-order valence-corrected chi connectivity index (χ4v) is 5.23. The Morgan fingerprint density at radius 3 is 2.94 bits per heavy atom. The van der Waals surface area contributed by atoms with Crippen molar-refractivity contribution in [2.75, 3.05) is 17.7 Å². The summed E-state index contributed by atoms with van der Waals surface area (Å²) in [5.74, 6) is -0.894. The number of hydrogen-bond acceptors (Lipinski definition) is 8. The molecule has 162 valence electrons. The number of nitrogens with one attached hydrogen (secondary N) is 1. The van der Waals surface area contributed by atoms with Crippen LogP contribution in [0, 0.1) is 5.82 Å². The molecule has 0 spiro atoms. The first kappa shape index (κ1) is 21.5. The summed E-state index contributed by atoms with van der Waals surface area (Å²) < 4.78 is 24.1. The lowest BCUT2D eigenvalue weighted by molar-refractivity contribution is -0.113. The Bertz CT molecular complexity index is 1110. The summed E-state index contributed by atoms with van der Waals surface area (Å²) in [5.41, 5.74) is 1.94. The Balaban J connectivity index is 1.43. The molecule has 2 heterocycles. The van der Waals surface area contributed by atoms with Crippen LogP contribution in [0.15, 0.2) is 33.9 Å². The molecule has 0 radical (unpaired) electrons. The first-order valence-corrected chi connectivity index (χ1v) is 11.7. The maximum absolute atomic E-state index is 13.4. The van der Waals surface area contributed by atoms with E-state index in [9.17, 15) is 14.0 Å². The Morgan fingerprint density at radius 2 is 2.13 bits per heavy atom. The van der Waals surface area contributed by atoms with Gasteiger partial charge < -0.3 is 14.5 Å². The number of amides is 1. The number of ether oxygens (including phenoxy) is 1. The fourth-order valence-electron chi connectivity index (χ4n) is 3.37. The summed E-state index contributed by atoms with van der Waals surface area (Å²) in [6.45, 7) is 2.03. The number of carbonyl (C=O) groups excluding carboxylic acids is 2. The van der Waals surface area contributed by atoms with Gasteiger partial charge in [0.1, 0.15) is 10.8 Å². The van der Waals surface area contributed by atoms with E-state index in [1.807, 2.05) is 0 Å². The normalized spacial score (nSPS) is 13.0. The molecule has 0 fully saturated rings. The number of esters is 1. The van der Waals surface area contributed by atoms with E-state index in [0.29, 0.717) is 16.1 Å². The van der Waals surface area contributed by atoms with Crippen molar-refractivity contribution in [1.29, 1.82) is 0 Å². The van der Waals surface area contributed by atoms with Crippen molar-refractivity contribution in [3.8, 4) is 11.5 Å². The molecule has 1 aliphatic carbocycles. The van der Waals surface area contributed by atoms with Gasteiger partial charge in [-0.15, -0.1) is 21.5 Å². The van der Waals surface area contributed by atoms with E-state index in [4.69, 9.17) is 9.15 Å². The van der Waals surface area contributed by atoms with Crippen LogP contribution >= 0.6 is 23.1 Å². The molecule has 0 atom stereocenters. The topological polar surface area (TPSA) is 94.3 Å². The van der Waals surface area contributed by atoms with Gasteiger partial charge in [0, 0.05) is 10.4 Å². The van der Waals surface area contributed by atoms with Gasteiger partial charge in [-0.1, -0.05) is 17.8 Å². The van der Waals surface area contributed by atoms with Crippen LogP contribution < -0.4 is 5.32 Å². The summed E-state index contributed by atoms with van der Waals surface area (Å²) in [4.78, 5) is 26.2. The molecule has 0 saturated carbocycles. The van der Waals surface area contributed by atoms with Crippen molar-refractivity contribution in [1.82, 2.24) is 10.2 Å². The monoisotopic (exact) mass is 461 g/mol. The van der Waals surface area contributed by atoms with Gasteiger partial charge in [0.15, 0.2) is 0 Å². The number of nitrogens with zero attached hydrogens (tertiary/aromatic N) is 2. The standard InChI is InChI=1S/C21H20FN3O4S2/c1-2-28-20(27)17-14-8-3-4-9-15(14)31-19(17)23-16(26)11-30-21-25-24-18(29-21)12-6-5-7-13(22)10-12/h5-7,10H,2-4,8-9,11H2,1H3,(H,23,26). The van der Waals surface area contributed by atoms with Crippen LogP contribution in [-0.2, 0) is 22.4 Å². The Labute approximate surface area is 186 Å². The minimum Gasteiger partial charge on any atom is -0.462 e. The lowest BCUT2D eigenvalue weighted by atomic mass is 9.95. The molecule has 0 unspecified atom stereocenters. The molecule has 1 aromatic carbocycles. The number of aromatic nitrogens is 2. The summed E-state index contributed by atoms with van der Waals surface area (Å²) >= 11 is 2.51. The van der Waals surface area contributed by atoms with Gasteiger partial charge >= 0.3 is 5.97 Å². The minimum atomic E-state index is -0.402. The number of aryl methyl sites for hydroxylation is 1. The highest BCUT2D eigenvalue weighted by atomic mass is 32.2. The summed E-state index contributed by atoms with van der Waals surface area (Å²) in [7, 11) is 0. The third kappa shape index (κ3) is 4.96. The molecular formula is C21H20FN3O4S2. The fraction of sp³-hybridized carbons (Fsp3) is 0.333. The maximum Gasteiger partial charge on any atom is 0.341 e. The number of thiophene rings is 1. The van der Waals surface area contributed by atoms with Gasteiger partial charge in [-0.2, -0.15) is 0 Å². The smallest absolute Gasteiger partial charge is 0.341 e. The molecule has 1 N–H and O–H groups in total. The first-order valence-electron chi connectivity index (χ1n) is 9.89. The average molecular weight is 462 g/mol. The number of rotatable bonds is 7. The molecule has 10 heteroatoms. The number of carbonyl (C=O) groups is 2. The van der Waals surface area contributed by atoms with Crippen LogP contribution in [0.5, 0.6) is 0 Å². The molecule has 2 aromatic heterocycles. The third-order valence-corrected chi connectivity index (χ3v) is 6.73. The molecule has 1 amide bonds. The summed E-state index contributed by atoms with van der Waals surface area (Å²) in [6.07, 6.45) is 3.81. The molecule has 3 aromatic rings. The second-order valence-electron chi connectivity index (χ2n) is 6.86. The van der Waals surface area contributed by atoms with Crippen LogP contribution in [0.25, 0.3) is 11.5 Å². The van der Waals surface area contributed by atoms with Gasteiger partial charge in [-0.05, 0) is 56.4 Å². The van der Waals surface area contributed by atoms with Crippen molar-refractivity contribution >= 4 is 40.0 Å². The zero-order valence-electron chi connectivity index (χ0n) is 16.8. The first-order chi connectivity index (χ1) is 15.0. The van der Waals surface area contributed by atoms with Crippen LogP contribution in [0.1, 0.15) is 40.6 Å². The van der Waals surface area contributed by atoms with Gasteiger partial charge in [0.2, 0.25) is 11.8 Å². The minimum absolute atomic E-state index is 0.0234. The number of halogens is 1. The third-order valence-electron chi connectivity index (χ3n) is 4.71. The van der Waals surface area contributed by atoms with Crippen molar-refractivity contribution < 1.29 is 23.1 Å². The molecule has 0 saturated heterocycles. The van der Waals surface area contributed by atoms with Crippen molar-refractivity contribution in [3.05, 3.63) is 46.1 Å². The second kappa shape index (κ2) is 9.61. The van der Waals surface area contributed by atoms with E-state index in [1.165, 1.54) is 23.5 Å². The zero-order valence-corrected chi connectivity index (χ0v) is 18.4. The van der Waals surface area contributed by atoms with Crippen LogP contribution in [0.2, 0.25) is 0 Å². The Hall–Kier alpha value is -2.72. The van der Waals surface area contributed by atoms with E-state index in [2.05, 4.69) is 15.5 Å². The lowest BCUT2D eigenvalue weighted by Gasteiger charge is -2.12. The van der Waals surface area contributed by atoms with Crippen molar-refractivity contribution in [2.24, 2.45) is 0 Å². The quantitative estimate of drug-likeness (QED) is 0.402. The lowest BCUT2D eigenvalue weighted by Crippen LogP contribution is -2.17. The summed E-state index contributed by atoms with van der Waals surface area (Å²) in [6, 6.07) is 5.83. The molecule has 1 aliphatic rings. The van der Waals surface area contributed by atoms with E-state index in [0.717, 1.165) is 47.9 Å². The average Bonchev–Trinajstić information content (AvgIpc) is 3.37. The predicted octanol–water partition coefficient (Wildman–Crippen LogP) is 4.72. The van der Waals surface area contributed by atoms with Gasteiger partial charge in [-0.25, -0.2) is 9.18 Å². The number of thioether (sulfide) groups is 1. The SMILES string of the molecule is CCOC(=O)c1c(NC(=O)CSc2nnc(-c3cccc(F)c3)o2)sc2c1CCCC2. The summed E-state index contributed by atoms with van der Waals surface area (Å²) in [5, 5.41) is 11.4. The van der Waals surface area contributed by atoms with Crippen LogP contribution in [0.3, 0.4) is 0 Å². The van der Waals surface area contributed by atoms with Crippen molar-refractivity contribution in [2.45, 2.75) is 37.8 Å². The van der Waals surface area contributed by atoms with Gasteiger partial charge in [-0.3, -0.25) is 4.79 Å². The number of anilines is 1. The van der Waals surface area contributed by atoms with Crippen molar-refractivity contribution in [3.63, 3.8) is 0 Å². The van der Waals surface area contributed by atoms with E-state index < -0.39 is 11.8 Å². The highest BCUT2D eigenvalue weighted by Gasteiger charge is 2.27. The molecule has 31 heavy (non-hydrogen) atoms. The second-order valence-corrected chi connectivity index (χ2v) is 8.89. The Morgan fingerprint density at radius 1 is 1.29 bits per heavy atom. The van der Waals surface area contributed by atoms with E-state index in [-0.39, 0.29) is 29.4 Å². The number of fused-ring (bicyclic) bond motifs is 1. The van der Waals surface area contributed by atoms with Gasteiger partial charge in [0.25, 0.3) is 5.22 Å². The van der Waals surface area contributed by atoms with Crippen LogP contribution in [-0.4, -0.2) is 34.4 Å². The van der Waals surface area contributed by atoms with Gasteiger partial charge in [0.05, 0.1) is 17.9 Å². The molecular weight excluding hydrogens is 441 g/mol. The molecule has 7 nitrogen and oxygen atoms in total. The van der Waals surface area contributed by atoms with E-state index >= 15 is 0 Å². The zero-order chi connectivity index (χ0) is 21.8. The maximum atomic E-state index is 13.4. The molecule has 0 bridgehead atoms. The van der Waals surface area contributed by atoms with E-state index in [1.54, 1.807) is 19.1 Å². The van der Waals surface area contributed by atoms with Crippen LogP contribution in [0.4, 0.5) is 9.39 Å². The molecule has 4 rings (SSSR count). The molecule has 0 aliphatic heterocycles. The number of benzene rings is 1. The predicted molar refractivity (Wildman–Crippen MR) is 116 cm³/mol. The Kier molecular flexibility index (Phi) is 6.67. The number of hydrogen-bond donors (Lipinski definition) is 1. The highest BCUT2D eigenvalue weighted by molar-refractivity contribution is 7.99. The largest absolute Gasteiger partial charge is 0.462 e.